The highest BCUT2D eigenvalue weighted by molar-refractivity contribution is 7.80. The molecule has 0 radical (unpaired) electrons. The Balaban J connectivity index is 0.000000221. The van der Waals surface area contributed by atoms with Crippen LogP contribution in [0.4, 0.5) is 11.4 Å². The normalized spacial score (nSPS) is 16.2. The summed E-state index contributed by atoms with van der Waals surface area (Å²) < 4.78 is 10.3. The molecule has 2 aromatic rings. The molecule has 4 rings (SSSR count). The van der Waals surface area contributed by atoms with Gasteiger partial charge in [-0.15, -0.1) is 0 Å². The van der Waals surface area contributed by atoms with E-state index in [0.29, 0.717) is 5.57 Å². The molecule has 2 aliphatic rings. The second kappa shape index (κ2) is 13.6. The number of nitrogens with one attached hydrogen (secondary N) is 1. The topological polar surface area (TPSA) is 90.0 Å². The summed E-state index contributed by atoms with van der Waals surface area (Å²) in [6.45, 7) is 9.69. The molecule has 0 amide bonds. The first-order chi connectivity index (χ1) is 17.5. The summed E-state index contributed by atoms with van der Waals surface area (Å²) in [6.07, 6.45) is 0. The van der Waals surface area contributed by atoms with E-state index in [0.717, 1.165) is 69.6 Å². The third kappa shape index (κ3) is 7.26. The smallest absolute Gasteiger partial charge is 0.119 e. The van der Waals surface area contributed by atoms with Crippen molar-refractivity contribution >= 4 is 28.6 Å². The number of hydrogen-bond donors (Lipinski definition) is 2. The van der Waals surface area contributed by atoms with Gasteiger partial charge in [-0.1, -0.05) is 12.2 Å². The van der Waals surface area contributed by atoms with Crippen LogP contribution in [0.25, 0.3) is 0 Å². The van der Waals surface area contributed by atoms with Crippen molar-refractivity contribution in [2.45, 2.75) is 6.92 Å². The lowest BCUT2D eigenvalue weighted by Gasteiger charge is -2.38. The lowest BCUT2D eigenvalue weighted by molar-refractivity contribution is 0.321. The molecule has 0 spiro atoms. The number of benzene rings is 2. The van der Waals surface area contributed by atoms with Crippen molar-refractivity contribution < 1.29 is 9.47 Å². The molecule has 0 atom stereocenters. The van der Waals surface area contributed by atoms with Crippen LogP contribution < -0.4 is 30.3 Å². The highest BCUT2D eigenvalue weighted by atomic mass is 32.1. The zero-order chi connectivity index (χ0) is 25.9. The number of methoxy groups -OCH3 is 2. The molecular formula is C27H36N6O2S. The SMILES string of the molecule is COc1ccc(N2CCN(/C(C)=C(/C#N)C(N)=S)CC2)cc1.COc1ccc(N2CCNCC2)cc1. The largest absolute Gasteiger partial charge is 0.497 e. The van der Waals surface area contributed by atoms with Gasteiger partial charge in [-0.2, -0.15) is 5.26 Å². The molecule has 2 aromatic carbocycles. The lowest BCUT2D eigenvalue weighted by atomic mass is 10.1. The van der Waals surface area contributed by atoms with Gasteiger partial charge in [-0.25, -0.2) is 0 Å². The molecule has 0 saturated carbocycles. The van der Waals surface area contributed by atoms with Gasteiger partial charge >= 0.3 is 0 Å². The Morgan fingerprint density at radius 2 is 1.28 bits per heavy atom. The van der Waals surface area contributed by atoms with E-state index >= 15 is 0 Å². The first-order valence-electron chi connectivity index (χ1n) is 12.1. The Kier molecular flexibility index (Phi) is 10.2. The van der Waals surface area contributed by atoms with Gasteiger partial charge in [0.1, 0.15) is 28.1 Å². The van der Waals surface area contributed by atoms with E-state index in [4.69, 9.17) is 32.7 Å². The first-order valence-corrected chi connectivity index (χ1v) is 12.5. The minimum absolute atomic E-state index is 0.164. The van der Waals surface area contributed by atoms with E-state index in [1.54, 1.807) is 14.2 Å². The minimum atomic E-state index is 0.164. The van der Waals surface area contributed by atoms with Crippen LogP contribution in [0.5, 0.6) is 11.5 Å². The molecule has 2 saturated heterocycles. The van der Waals surface area contributed by atoms with Gasteiger partial charge in [0, 0.05) is 69.4 Å². The van der Waals surface area contributed by atoms with Crippen molar-refractivity contribution in [3.05, 3.63) is 59.8 Å². The van der Waals surface area contributed by atoms with Crippen LogP contribution in [0.3, 0.4) is 0 Å². The fourth-order valence-electron chi connectivity index (χ4n) is 4.28. The predicted octanol–water partition coefficient (Wildman–Crippen LogP) is 3.01. The van der Waals surface area contributed by atoms with E-state index in [1.807, 2.05) is 31.2 Å². The molecule has 2 fully saturated rings. The van der Waals surface area contributed by atoms with Crippen molar-refractivity contribution in [1.29, 1.82) is 5.26 Å². The van der Waals surface area contributed by atoms with E-state index in [2.05, 4.69) is 50.4 Å². The van der Waals surface area contributed by atoms with Gasteiger partial charge in [0.05, 0.1) is 14.2 Å². The molecule has 8 nitrogen and oxygen atoms in total. The van der Waals surface area contributed by atoms with E-state index in [1.165, 1.54) is 11.4 Å². The highest BCUT2D eigenvalue weighted by Crippen LogP contribution is 2.22. The van der Waals surface area contributed by atoms with Gasteiger partial charge in [-0.05, 0) is 55.5 Å². The Morgan fingerprint density at radius 1 is 0.833 bits per heavy atom. The molecular weight excluding hydrogens is 472 g/mol. The minimum Gasteiger partial charge on any atom is -0.497 e. The molecule has 192 valence electrons. The molecule has 2 aliphatic heterocycles. The van der Waals surface area contributed by atoms with Crippen molar-refractivity contribution in [2.75, 3.05) is 76.4 Å². The Morgan fingerprint density at radius 3 is 1.67 bits per heavy atom. The van der Waals surface area contributed by atoms with E-state index < -0.39 is 0 Å². The number of piperazine rings is 2. The van der Waals surface area contributed by atoms with Gasteiger partial charge in [-0.3, -0.25) is 0 Å². The number of anilines is 2. The third-order valence-electron chi connectivity index (χ3n) is 6.47. The quantitative estimate of drug-likeness (QED) is 0.347. The summed E-state index contributed by atoms with van der Waals surface area (Å²) >= 11 is 4.93. The number of thiocarbonyl (C=S) groups is 1. The molecule has 9 heteroatoms. The molecule has 0 unspecified atom stereocenters. The second-order valence-electron chi connectivity index (χ2n) is 8.54. The maximum atomic E-state index is 9.15. The van der Waals surface area contributed by atoms with Crippen LogP contribution >= 0.6 is 12.2 Å². The molecule has 2 heterocycles. The van der Waals surface area contributed by atoms with Gasteiger partial charge < -0.3 is 35.2 Å². The van der Waals surface area contributed by atoms with Crippen molar-refractivity contribution in [1.82, 2.24) is 10.2 Å². The van der Waals surface area contributed by atoms with Crippen LogP contribution in [-0.4, -0.2) is 76.5 Å². The fraction of sp³-hybridized carbons (Fsp3) is 0.407. The van der Waals surface area contributed by atoms with Crippen LogP contribution in [0.2, 0.25) is 0 Å². The summed E-state index contributed by atoms with van der Waals surface area (Å²) in [7, 11) is 3.36. The standard InChI is InChI=1S/C16H20N4OS.C11H16N2O/c1-12(15(11-17)16(18)22)19-7-9-20(10-8-19)13-3-5-14(21-2)6-4-13;1-14-11-4-2-10(3-5-11)13-8-6-12-7-9-13/h3-6H,7-10H2,1-2H3,(H2,18,22);2-5,12H,6-9H2,1H3/b15-12-;. The van der Waals surface area contributed by atoms with E-state index in [9.17, 15) is 0 Å². The first kappa shape index (κ1) is 27.1. The molecule has 3 N–H and O–H groups in total. The number of ether oxygens (including phenoxy) is 2. The van der Waals surface area contributed by atoms with Crippen molar-refractivity contribution in [3.8, 4) is 17.6 Å². The number of nitriles is 1. The molecule has 0 bridgehead atoms. The maximum Gasteiger partial charge on any atom is 0.119 e. The number of allylic oxidation sites excluding steroid dienone is 1. The van der Waals surface area contributed by atoms with Crippen molar-refractivity contribution in [2.24, 2.45) is 5.73 Å². The van der Waals surface area contributed by atoms with Crippen LogP contribution in [0.15, 0.2) is 59.8 Å². The predicted molar refractivity (Wildman–Crippen MR) is 150 cm³/mol. The van der Waals surface area contributed by atoms with Crippen molar-refractivity contribution in [3.63, 3.8) is 0 Å². The highest BCUT2D eigenvalue weighted by Gasteiger charge is 2.20. The number of nitrogens with zero attached hydrogens (tertiary/aromatic N) is 4. The lowest BCUT2D eigenvalue weighted by Crippen LogP contribution is -2.46. The summed E-state index contributed by atoms with van der Waals surface area (Å²) in [6, 6.07) is 18.4. The average Bonchev–Trinajstić information content (AvgIpc) is 2.94. The van der Waals surface area contributed by atoms with Gasteiger partial charge in [0.2, 0.25) is 0 Å². The summed E-state index contributed by atoms with van der Waals surface area (Å²) in [5.41, 5.74) is 9.34. The Bertz CT molecular complexity index is 1050. The zero-order valence-corrected chi connectivity index (χ0v) is 22.2. The van der Waals surface area contributed by atoms with Gasteiger partial charge in [0.15, 0.2) is 0 Å². The average molecular weight is 509 g/mol. The molecule has 0 aliphatic carbocycles. The van der Waals surface area contributed by atoms with Crippen LogP contribution in [0, 0.1) is 11.3 Å². The summed E-state index contributed by atoms with van der Waals surface area (Å²) in [5.74, 6) is 1.78. The molecule has 0 aromatic heterocycles. The van der Waals surface area contributed by atoms with Crippen LogP contribution in [0.1, 0.15) is 6.92 Å². The Hall–Kier alpha value is -3.48. The zero-order valence-electron chi connectivity index (χ0n) is 21.4. The molecule has 36 heavy (non-hydrogen) atoms. The third-order valence-corrected chi connectivity index (χ3v) is 6.67. The second-order valence-corrected chi connectivity index (χ2v) is 8.98. The monoisotopic (exact) mass is 508 g/mol. The number of nitrogens with two attached hydrogens (primary N) is 1. The van der Waals surface area contributed by atoms with Crippen LogP contribution in [-0.2, 0) is 0 Å². The maximum absolute atomic E-state index is 9.15. The van der Waals surface area contributed by atoms with Gasteiger partial charge in [0.25, 0.3) is 0 Å². The number of rotatable bonds is 6. The number of hydrogen-bond acceptors (Lipinski definition) is 8. The Labute approximate surface area is 219 Å². The summed E-state index contributed by atoms with van der Waals surface area (Å²) in [5, 5.41) is 12.5. The van der Waals surface area contributed by atoms with E-state index in [-0.39, 0.29) is 4.99 Å². The fourth-order valence-corrected chi connectivity index (χ4v) is 4.47. The summed E-state index contributed by atoms with van der Waals surface area (Å²) in [4.78, 5) is 7.03.